The summed E-state index contributed by atoms with van der Waals surface area (Å²) in [6.07, 6.45) is 0.993. The molecular formula is C12H20ClNO2. The van der Waals surface area contributed by atoms with E-state index in [1.807, 2.05) is 38.4 Å². The van der Waals surface area contributed by atoms with Crippen LogP contribution < -0.4 is 4.74 Å². The van der Waals surface area contributed by atoms with E-state index >= 15 is 0 Å². The number of hydrogen-bond acceptors (Lipinski definition) is 3. The largest absolute Gasteiger partial charge is 0.493 e. The Morgan fingerprint density at radius 2 is 1.94 bits per heavy atom. The molecule has 0 radical (unpaired) electrons. The van der Waals surface area contributed by atoms with E-state index in [0.29, 0.717) is 6.61 Å². The quantitative estimate of drug-likeness (QED) is 0.778. The van der Waals surface area contributed by atoms with Gasteiger partial charge in [0.2, 0.25) is 0 Å². The van der Waals surface area contributed by atoms with Crippen LogP contribution in [-0.2, 0) is 6.61 Å². The Bertz CT molecular complexity index is 292. The molecule has 16 heavy (non-hydrogen) atoms. The fourth-order valence-electron chi connectivity index (χ4n) is 1.34. The van der Waals surface area contributed by atoms with Crippen molar-refractivity contribution in [2.24, 2.45) is 0 Å². The minimum Gasteiger partial charge on any atom is -0.493 e. The third-order valence-electron chi connectivity index (χ3n) is 2.15. The van der Waals surface area contributed by atoms with E-state index in [1.54, 1.807) is 0 Å². The van der Waals surface area contributed by atoms with E-state index < -0.39 is 0 Å². The molecule has 1 rings (SSSR count). The van der Waals surface area contributed by atoms with Gasteiger partial charge in [-0.05, 0) is 26.6 Å². The third kappa shape index (κ3) is 5.35. The first-order valence-corrected chi connectivity index (χ1v) is 5.20. The lowest BCUT2D eigenvalue weighted by molar-refractivity contribution is 0.253. The highest BCUT2D eigenvalue weighted by molar-refractivity contribution is 5.85. The summed E-state index contributed by atoms with van der Waals surface area (Å²) in [7, 11) is 4.09. The number of rotatable bonds is 6. The van der Waals surface area contributed by atoms with E-state index in [4.69, 9.17) is 9.84 Å². The van der Waals surface area contributed by atoms with Gasteiger partial charge < -0.3 is 14.7 Å². The fraction of sp³-hybridized carbons (Fsp3) is 0.500. The standard InChI is InChI=1S/C12H19NO2.ClH/c1-13(2)8-5-9-15-12-7-4-3-6-11(12)10-14;/h3-4,6-7,14H,5,8-10H2,1-2H3;1H. The monoisotopic (exact) mass is 245 g/mol. The molecule has 0 fully saturated rings. The summed E-state index contributed by atoms with van der Waals surface area (Å²) in [6, 6.07) is 7.58. The minimum absolute atomic E-state index is 0. The highest BCUT2D eigenvalue weighted by atomic mass is 35.5. The van der Waals surface area contributed by atoms with Crippen LogP contribution in [-0.4, -0.2) is 37.3 Å². The van der Waals surface area contributed by atoms with E-state index in [1.165, 1.54) is 0 Å². The smallest absolute Gasteiger partial charge is 0.124 e. The van der Waals surface area contributed by atoms with Gasteiger partial charge in [0.15, 0.2) is 0 Å². The van der Waals surface area contributed by atoms with Crippen LogP contribution in [0.25, 0.3) is 0 Å². The van der Waals surface area contributed by atoms with Gasteiger partial charge in [-0.1, -0.05) is 18.2 Å². The molecule has 1 aromatic carbocycles. The van der Waals surface area contributed by atoms with E-state index in [9.17, 15) is 0 Å². The zero-order valence-electron chi connectivity index (χ0n) is 9.85. The molecule has 0 saturated heterocycles. The summed E-state index contributed by atoms with van der Waals surface area (Å²) in [5.74, 6) is 0.791. The molecule has 0 heterocycles. The first-order valence-electron chi connectivity index (χ1n) is 5.20. The van der Waals surface area contributed by atoms with Gasteiger partial charge in [-0.25, -0.2) is 0 Å². The van der Waals surface area contributed by atoms with Gasteiger partial charge in [0.25, 0.3) is 0 Å². The minimum atomic E-state index is 0. The number of para-hydroxylation sites is 1. The van der Waals surface area contributed by atoms with Crippen LogP contribution in [0.3, 0.4) is 0 Å². The van der Waals surface area contributed by atoms with Crippen LogP contribution in [0, 0.1) is 0 Å². The lowest BCUT2D eigenvalue weighted by atomic mass is 10.2. The maximum absolute atomic E-state index is 9.07. The average Bonchev–Trinajstić information content (AvgIpc) is 2.24. The molecule has 0 aromatic heterocycles. The predicted octanol–water partition coefficient (Wildman–Crippen LogP) is 1.93. The Morgan fingerprint density at radius 1 is 1.25 bits per heavy atom. The van der Waals surface area contributed by atoms with Crippen LogP contribution in [0.2, 0.25) is 0 Å². The number of aliphatic hydroxyl groups is 1. The van der Waals surface area contributed by atoms with Crippen LogP contribution in [0.5, 0.6) is 5.75 Å². The fourth-order valence-corrected chi connectivity index (χ4v) is 1.34. The number of aliphatic hydroxyl groups excluding tert-OH is 1. The number of hydrogen-bond donors (Lipinski definition) is 1. The average molecular weight is 246 g/mol. The molecule has 0 amide bonds. The first-order chi connectivity index (χ1) is 7.24. The van der Waals surface area contributed by atoms with Gasteiger partial charge >= 0.3 is 0 Å². The summed E-state index contributed by atoms with van der Waals surface area (Å²) >= 11 is 0. The van der Waals surface area contributed by atoms with Gasteiger partial charge in [-0.2, -0.15) is 0 Å². The maximum Gasteiger partial charge on any atom is 0.124 e. The second-order valence-corrected chi connectivity index (χ2v) is 3.77. The molecule has 92 valence electrons. The van der Waals surface area contributed by atoms with E-state index in [2.05, 4.69) is 4.90 Å². The maximum atomic E-state index is 9.07. The summed E-state index contributed by atoms with van der Waals surface area (Å²) in [5, 5.41) is 9.07. The Labute approximate surface area is 103 Å². The van der Waals surface area contributed by atoms with Gasteiger partial charge in [0, 0.05) is 12.1 Å². The van der Waals surface area contributed by atoms with Crippen molar-refractivity contribution in [3.63, 3.8) is 0 Å². The molecule has 0 saturated carbocycles. The second-order valence-electron chi connectivity index (χ2n) is 3.77. The van der Waals surface area contributed by atoms with Crippen LogP contribution in [0.4, 0.5) is 0 Å². The Kier molecular flexibility index (Phi) is 7.99. The Hall–Kier alpha value is -0.770. The number of benzene rings is 1. The summed E-state index contributed by atoms with van der Waals surface area (Å²) in [5.41, 5.74) is 0.849. The van der Waals surface area contributed by atoms with Gasteiger partial charge in [0.1, 0.15) is 5.75 Å². The van der Waals surface area contributed by atoms with Crippen molar-refractivity contribution in [2.45, 2.75) is 13.0 Å². The highest BCUT2D eigenvalue weighted by Crippen LogP contribution is 2.17. The summed E-state index contributed by atoms with van der Waals surface area (Å²) < 4.78 is 5.59. The topological polar surface area (TPSA) is 32.7 Å². The van der Waals surface area contributed by atoms with Crippen molar-refractivity contribution in [2.75, 3.05) is 27.2 Å². The normalized spacial score (nSPS) is 10.0. The SMILES string of the molecule is CN(C)CCCOc1ccccc1CO.Cl. The van der Waals surface area contributed by atoms with Crippen LogP contribution in [0.15, 0.2) is 24.3 Å². The highest BCUT2D eigenvalue weighted by Gasteiger charge is 2.00. The summed E-state index contributed by atoms with van der Waals surface area (Å²) in [4.78, 5) is 2.13. The molecule has 3 nitrogen and oxygen atoms in total. The van der Waals surface area contributed by atoms with E-state index in [0.717, 1.165) is 24.3 Å². The molecular weight excluding hydrogens is 226 g/mol. The molecule has 0 aliphatic carbocycles. The van der Waals surface area contributed by atoms with Crippen LogP contribution >= 0.6 is 12.4 Å². The molecule has 4 heteroatoms. The first kappa shape index (κ1) is 15.2. The van der Waals surface area contributed by atoms with Crippen LogP contribution in [0.1, 0.15) is 12.0 Å². The van der Waals surface area contributed by atoms with Crippen molar-refractivity contribution in [3.05, 3.63) is 29.8 Å². The van der Waals surface area contributed by atoms with Crippen molar-refractivity contribution >= 4 is 12.4 Å². The molecule has 0 aliphatic rings. The number of halogens is 1. The number of nitrogens with zero attached hydrogens (tertiary/aromatic N) is 1. The molecule has 0 aliphatic heterocycles. The predicted molar refractivity (Wildman–Crippen MR) is 68.3 cm³/mol. The Morgan fingerprint density at radius 3 is 2.56 bits per heavy atom. The third-order valence-corrected chi connectivity index (χ3v) is 2.15. The molecule has 1 N–H and O–H groups in total. The number of ether oxygens (including phenoxy) is 1. The molecule has 1 aromatic rings. The van der Waals surface area contributed by atoms with Crippen molar-refractivity contribution < 1.29 is 9.84 Å². The zero-order chi connectivity index (χ0) is 11.1. The molecule has 0 atom stereocenters. The molecule has 0 bridgehead atoms. The van der Waals surface area contributed by atoms with Gasteiger partial charge in [-0.3, -0.25) is 0 Å². The van der Waals surface area contributed by atoms with Gasteiger partial charge in [0.05, 0.1) is 13.2 Å². The summed E-state index contributed by atoms with van der Waals surface area (Å²) in [6.45, 7) is 1.74. The van der Waals surface area contributed by atoms with Crippen molar-refractivity contribution in [1.82, 2.24) is 4.90 Å². The Balaban J connectivity index is 0.00000225. The zero-order valence-corrected chi connectivity index (χ0v) is 10.7. The van der Waals surface area contributed by atoms with Crippen molar-refractivity contribution in [3.8, 4) is 5.75 Å². The lowest BCUT2D eigenvalue weighted by Gasteiger charge is -2.12. The molecule has 0 spiro atoms. The van der Waals surface area contributed by atoms with E-state index in [-0.39, 0.29) is 19.0 Å². The second kappa shape index (κ2) is 8.39. The van der Waals surface area contributed by atoms with Crippen molar-refractivity contribution in [1.29, 1.82) is 0 Å². The van der Waals surface area contributed by atoms with Gasteiger partial charge in [-0.15, -0.1) is 12.4 Å². The molecule has 0 unspecified atom stereocenters. The lowest BCUT2D eigenvalue weighted by Crippen LogP contribution is -2.15.